The molecule has 0 spiro atoms. The van der Waals surface area contributed by atoms with Crippen LogP contribution in [-0.4, -0.2) is 12.1 Å². The number of aromatic nitrogens is 1. The molecule has 14 heavy (non-hydrogen) atoms. The molecule has 0 fully saturated rings. The summed E-state index contributed by atoms with van der Waals surface area (Å²) in [7, 11) is 1.44. The van der Waals surface area contributed by atoms with Crippen LogP contribution >= 0.6 is 15.9 Å². The first-order valence-corrected chi connectivity index (χ1v) is 5.06. The van der Waals surface area contributed by atoms with E-state index in [2.05, 4.69) is 20.9 Å². The molecule has 0 aromatic carbocycles. The molecule has 0 aliphatic rings. The first-order valence-electron chi connectivity index (χ1n) is 4.26. The summed E-state index contributed by atoms with van der Waals surface area (Å²) in [5.41, 5.74) is 0.673. The summed E-state index contributed by atoms with van der Waals surface area (Å²) in [6.45, 7) is 6.04. The van der Waals surface area contributed by atoms with Crippen LogP contribution in [0.2, 0.25) is 0 Å². The molecule has 2 nitrogen and oxygen atoms in total. The van der Waals surface area contributed by atoms with E-state index in [1.165, 1.54) is 7.11 Å². The van der Waals surface area contributed by atoms with E-state index in [0.717, 1.165) is 5.69 Å². The van der Waals surface area contributed by atoms with Crippen molar-refractivity contribution in [2.45, 2.75) is 26.2 Å². The molecular weight excluding hydrogens is 249 g/mol. The highest BCUT2D eigenvalue weighted by atomic mass is 79.9. The summed E-state index contributed by atoms with van der Waals surface area (Å²) < 4.78 is 18.4. The molecular formula is C10H13BrFNO. The van der Waals surface area contributed by atoms with Crippen LogP contribution in [-0.2, 0) is 5.41 Å². The maximum absolute atomic E-state index is 13.3. The summed E-state index contributed by atoms with van der Waals surface area (Å²) >= 11 is 3.06. The Hall–Kier alpha value is -0.640. The molecule has 0 amide bonds. The van der Waals surface area contributed by atoms with Gasteiger partial charge in [-0.15, -0.1) is 0 Å². The molecule has 1 aromatic heterocycles. The van der Waals surface area contributed by atoms with Crippen molar-refractivity contribution in [2.24, 2.45) is 0 Å². The van der Waals surface area contributed by atoms with Gasteiger partial charge in [0.1, 0.15) is 4.60 Å². The molecule has 0 saturated carbocycles. The van der Waals surface area contributed by atoms with Gasteiger partial charge >= 0.3 is 0 Å². The standard InChI is InChI=1S/C10H13BrFNO/c1-10(2,3)7-5-6(14-4)8(12)9(11)13-7/h5H,1-4H3. The number of methoxy groups -OCH3 is 1. The van der Waals surface area contributed by atoms with Crippen molar-refractivity contribution in [1.82, 2.24) is 4.98 Å². The Morgan fingerprint density at radius 1 is 1.43 bits per heavy atom. The first-order chi connectivity index (χ1) is 6.36. The fourth-order valence-electron chi connectivity index (χ4n) is 1.01. The summed E-state index contributed by atoms with van der Waals surface area (Å²) in [6, 6.07) is 1.63. The average molecular weight is 262 g/mol. The Balaban J connectivity index is 3.30. The molecule has 0 bridgehead atoms. The average Bonchev–Trinajstić information content (AvgIpc) is 2.07. The lowest BCUT2D eigenvalue weighted by molar-refractivity contribution is 0.380. The van der Waals surface area contributed by atoms with E-state index in [0.29, 0.717) is 0 Å². The van der Waals surface area contributed by atoms with Crippen LogP contribution in [0.4, 0.5) is 4.39 Å². The lowest BCUT2D eigenvalue weighted by atomic mass is 9.91. The Morgan fingerprint density at radius 2 is 2.00 bits per heavy atom. The number of rotatable bonds is 1. The van der Waals surface area contributed by atoms with E-state index in [-0.39, 0.29) is 15.8 Å². The third kappa shape index (κ3) is 2.23. The second-order valence-corrected chi connectivity index (χ2v) is 4.82. The highest BCUT2D eigenvalue weighted by Crippen LogP contribution is 2.29. The summed E-state index contributed by atoms with van der Waals surface area (Å²) in [4.78, 5) is 4.11. The molecule has 4 heteroatoms. The van der Waals surface area contributed by atoms with Gasteiger partial charge in [0.05, 0.1) is 12.8 Å². The molecule has 0 aliphatic heterocycles. The normalized spacial score (nSPS) is 11.6. The number of nitrogens with zero attached hydrogens (tertiary/aromatic N) is 1. The topological polar surface area (TPSA) is 22.1 Å². The van der Waals surface area contributed by atoms with Crippen molar-refractivity contribution in [1.29, 1.82) is 0 Å². The van der Waals surface area contributed by atoms with Gasteiger partial charge in [0.2, 0.25) is 0 Å². The Labute approximate surface area is 91.6 Å². The van der Waals surface area contributed by atoms with E-state index in [1.54, 1.807) is 6.07 Å². The maximum atomic E-state index is 13.3. The molecule has 0 N–H and O–H groups in total. The fraction of sp³-hybridized carbons (Fsp3) is 0.500. The predicted molar refractivity (Wildman–Crippen MR) is 57.1 cm³/mol. The van der Waals surface area contributed by atoms with Gasteiger partial charge in [0, 0.05) is 11.5 Å². The third-order valence-electron chi connectivity index (χ3n) is 1.87. The monoisotopic (exact) mass is 261 g/mol. The zero-order valence-corrected chi connectivity index (χ0v) is 10.3. The molecule has 0 aliphatic carbocycles. The van der Waals surface area contributed by atoms with Crippen LogP contribution in [0, 0.1) is 5.82 Å². The van der Waals surface area contributed by atoms with Crippen LogP contribution < -0.4 is 4.74 Å². The van der Waals surface area contributed by atoms with E-state index in [4.69, 9.17) is 4.74 Å². The van der Waals surface area contributed by atoms with Gasteiger partial charge in [0.25, 0.3) is 0 Å². The van der Waals surface area contributed by atoms with Crippen molar-refractivity contribution < 1.29 is 9.13 Å². The van der Waals surface area contributed by atoms with Crippen LogP contribution in [0.15, 0.2) is 10.7 Å². The summed E-state index contributed by atoms with van der Waals surface area (Å²) in [6.07, 6.45) is 0. The minimum atomic E-state index is -0.458. The zero-order chi connectivity index (χ0) is 10.9. The van der Waals surface area contributed by atoms with Gasteiger partial charge in [-0.2, -0.15) is 4.39 Å². The van der Waals surface area contributed by atoms with Gasteiger partial charge in [-0.05, 0) is 15.9 Å². The van der Waals surface area contributed by atoms with E-state index < -0.39 is 5.82 Å². The third-order valence-corrected chi connectivity index (χ3v) is 2.40. The Morgan fingerprint density at radius 3 is 2.43 bits per heavy atom. The molecule has 0 atom stereocenters. The molecule has 1 rings (SSSR count). The molecule has 1 heterocycles. The number of hydrogen-bond donors (Lipinski definition) is 0. The number of hydrogen-bond acceptors (Lipinski definition) is 2. The number of ether oxygens (including phenoxy) is 1. The van der Waals surface area contributed by atoms with Crippen LogP contribution in [0.1, 0.15) is 26.5 Å². The Bertz CT molecular complexity index is 347. The number of halogens is 2. The quantitative estimate of drug-likeness (QED) is 0.724. The highest BCUT2D eigenvalue weighted by Gasteiger charge is 2.20. The van der Waals surface area contributed by atoms with Gasteiger partial charge in [-0.1, -0.05) is 20.8 Å². The van der Waals surface area contributed by atoms with Crippen molar-refractivity contribution in [3.63, 3.8) is 0 Å². The van der Waals surface area contributed by atoms with E-state index >= 15 is 0 Å². The van der Waals surface area contributed by atoms with Gasteiger partial charge < -0.3 is 4.74 Å². The fourth-order valence-corrected chi connectivity index (χ4v) is 1.40. The van der Waals surface area contributed by atoms with E-state index in [1.807, 2.05) is 20.8 Å². The van der Waals surface area contributed by atoms with Gasteiger partial charge in [0.15, 0.2) is 11.6 Å². The smallest absolute Gasteiger partial charge is 0.197 e. The SMILES string of the molecule is COc1cc(C(C)(C)C)nc(Br)c1F. The lowest BCUT2D eigenvalue weighted by Gasteiger charge is -2.18. The molecule has 0 radical (unpaired) electrons. The lowest BCUT2D eigenvalue weighted by Crippen LogP contribution is -2.14. The molecule has 78 valence electrons. The summed E-state index contributed by atoms with van der Waals surface area (Å²) in [5, 5.41) is 0. The van der Waals surface area contributed by atoms with Crippen molar-refractivity contribution in [3.8, 4) is 5.75 Å². The van der Waals surface area contributed by atoms with Crippen LogP contribution in [0.3, 0.4) is 0 Å². The molecule has 1 aromatic rings. The minimum Gasteiger partial charge on any atom is -0.494 e. The maximum Gasteiger partial charge on any atom is 0.197 e. The van der Waals surface area contributed by atoms with Crippen LogP contribution in [0.25, 0.3) is 0 Å². The first kappa shape index (κ1) is 11.4. The molecule has 0 unspecified atom stereocenters. The predicted octanol–water partition coefficient (Wildman–Crippen LogP) is 3.29. The summed E-state index contributed by atoms with van der Waals surface area (Å²) in [5.74, 6) is -0.239. The Kier molecular flexibility index (Phi) is 3.14. The number of pyridine rings is 1. The minimum absolute atomic E-state index is 0.122. The van der Waals surface area contributed by atoms with Gasteiger partial charge in [-0.25, -0.2) is 4.98 Å². The second-order valence-electron chi connectivity index (χ2n) is 4.06. The van der Waals surface area contributed by atoms with Crippen molar-refractivity contribution >= 4 is 15.9 Å². The second kappa shape index (κ2) is 3.85. The van der Waals surface area contributed by atoms with Gasteiger partial charge in [-0.3, -0.25) is 0 Å². The molecule has 0 saturated heterocycles. The highest BCUT2D eigenvalue weighted by molar-refractivity contribution is 9.10. The largest absolute Gasteiger partial charge is 0.494 e. The van der Waals surface area contributed by atoms with Crippen LogP contribution in [0.5, 0.6) is 5.75 Å². The van der Waals surface area contributed by atoms with Crippen molar-refractivity contribution in [2.75, 3.05) is 7.11 Å². The zero-order valence-electron chi connectivity index (χ0n) is 8.69. The van der Waals surface area contributed by atoms with Crippen molar-refractivity contribution in [3.05, 3.63) is 22.2 Å². The van der Waals surface area contributed by atoms with E-state index in [9.17, 15) is 4.39 Å².